The fourth-order valence-electron chi connectivity index (χ4n) is 3.08. The number of nitrogens with zero attached hydrogens (tertiary/aromatic N) is 1. The molecule has 0 rings (SSSR count). The van der Waals surface area contributed by atoms with E-state index in [1.165, 1.54) is 0 Å². The van der Waals surface area contributed by atoms with Crippen molar-refractivity contribution in [3.8, 4) is 0 Å². The van der Waals surface area contributed by atoms with Crippen molar-refractivity contribution in [3.05, 3.63) is 0 Å². The van der Waals surface area contributed by atoms with E-state index in [0.717, 1.165) is 57.8 Å². The van der Waals surface area contributed by atoms with Crippen LogP contribution in [0, 0.1) is 0 Å². The van der Waals surface area contributed by atoms with Crippen molar-refractivity contribution in [3.63, 3.8) is 0 Å². The molecule has 0 fully saturated rings. The molecule has 1 unspecified atom stereocenters. The minimum atomic E-state index is -0.737. The number of hydrogen-bond donors (Lipinski definition) is 2. The van der Waals surface area contributed by atoms with E-state index >= 15 is 0 Å². The number of rotatable bonds is 17. The Morgan fingerprint density at radius 1 is 0.969 bits per heavy atom. The van der Waals surface area contributed by atoms with E-state index in [0.29, 0.717) is 25.9 Å². The first-order valence-corrected chi connectivity index (χ1v) is 12.2. The lowest BCUT2D eigenvalue weighted by atomic mass is 10.1. The molecule has 0 aliphatic carbocycles. The van der Waals surface area contributed by atoms with Crippen molar-refractivity contribution in [1.29, 1.82) is 0 Å². The number of nitrogens with two attached hydrogens (primary N) is 1. The summed E-state index contributed by atoms with van der Waals surface area (Å²) >= 11 is 0. The number of hydrogen-bond acceptors (Lipinski definition) is 7. The van der Waals surface area contributed by atoms with Crippen molar-refractivity contribution in [1.82, 2.24) is 5.32 Å². The molecule has 0 spiro atoms. The van der Waals surface area contributed by atoms with Gasteiger partial charge < -0.3 is 25.6 Å². The van der Waals surface area contributed by atoms with Crippen LogP contribution in [-0.2, 0) is 19.1 Å². The molecule has 0 heterocycles. The molecule has 0 aromatic rings. The lowest BCUT2D eigenvalue weighted by Crippen LogP contribution is -2.38. The minimum Gasteiger partial charge on any atom is -0.595 e. The summed E-state index contributed by atoms with van der Waals surface area (Å²) in [5.74, 6) is -0.350. The Morgan fingerprint density at radius 3 is 2.12 bits per heavy atom. The van der Waals surface area contributed by atoms with E-state index in [1.54, 1.807) is 20.8 Å². The molecule has 0 radical (unpaired) electrons. The molecule has 0 aromatic carbocycles. The normalized spacial score (nSPS) is 13.2. The van der Waals surface area contributed by atoms with Gasteiger partial charge in [0.1, 0.15) is 12.1 Å². The van der Waals surface area contributed by atoms with E-state index in [4.69, 9.17) is 15.2 Å². The number of aliphatic imine (C=N–C) groups is 1. The van der Waals surface area contributed by atoms with Crippen LogP contribution >= 0.6 is 0 Å². The molecular weight excluding hydrogens is 410 g/mol. The highest BCUT2D eigenvalue weighted by Gasteiger charge is 2.17. The fraction of sp³-hybridized carbons (Fsp3) is 0.875. The number of amides is 1. The molecule has 0 aromatic heterocycles. The third kappa shape index (κ3) is 18.9. The predicted octanol–water partition coefficient (Wildman–Crippen LogP) is 3.20. The van der Waals surface area contributed by atoms with E-state index in [-0.39, 0.29) is 18.0 Å². The average Bonchev–Trinajstić information content (AvgIpc) is 2.66. The zero-order valence-corrected chi connectivity index (χ0v) is 20.9. The molecule has 0 saturated carbocycles. The molecule has 0 saturated heterocycles. The van der Waals surface area contributed by atoms with Gasteiger partial charge in [0.15, 0.2) is 0 Å². The van der Waals surface area contributed by atoms with E-state index < -0.39 is 17.7 Å². The van der Waals surface area contributed by atoms with Crippen LogP contribution in [0.2, 0.25) is 0 Å². The number of unbranched alkanes of at least 4 members (excludes halogenated alkanes) is 7. The van der Waals surface area contributed by atoms with E-state index in [1.807, 2.05) is 13.8 Å². The predicted molar refractivity (Wildman–Crippen MR) is 126 cm³/mol. The lowest BCUT2D eigenvalue weighted by molar-refractivity contribution is -0.261. The molecular formula is C24H46N3O5-. The fourth-order valence-corrected chi connectivity index (χ4v) is 3.08. The van der Waals surface area contributed by atoms with Gasteiger partial charge in [-0.3, -0.25) is 14.6 Å². The highest BCUT2D eigenvalue weighted by atomic mass is 16.6. The number of esters is 1. The van der Waals surface area contributed by atoms with Crippen molar-refractivity contribution in [2.24, 2.45) is 10.7 Å². The smallest absolute Gasteiger partial charge is 0.306 e. The Kier molecular flexibility index (Phi) is 16.7. The molecule has 0 aliphatic heterocycles. The molecule has 1 atom stereocenters. The van der Waals surface area contributed by atoms with Gasteiger partial charge in [-0.1, -0.05) is 52.9 Å². The van der Waals surface area contributed by atoms with Crippen LogP contribution in [0.3, 0.4) is 0 Å². The topological polar surface area (TPSA) is 126 Å². The summed E-state index contributed by atoms with van der Waals surface area (Å²) in [6, 6.07) is -0.737. The number of nitrogens with one attached hydrogen (secondary N) is 1. The van der Waals surface area contributed by atoms with Crippen molar-refractivity contribution in [2.75, 3.05) is 13.1 Å². The number of ether oxygens (including phenoxy) is 2. The van der Waals surface area contributed by atoms with Crippen LogP contribution in [0.15, 0.2) is 4.99 Å². The quantitative estimate of drug-likeness (QED) is 0.150. The molecule has 8 nitrogen and oxygen atoms in total. The Morgan fingerprint density at radius 2 is 1.56 bits per heavy atom. The molecule has 1 amide bonds. The van der Waals surface area contributed by atoms with Crippen LogP contribution < -0.4 is 16.2 Å². The first-order chi connectivity index (χ1) is 15.0. The van der Waals surface area contributed by atoms with Crippen LogP contribution in [0.25, 0.3) is 0 Å². The van der Waals surface area contributed by atoms with Crippen LogP contribution in [0.5, 0.6) is 0 Å². The van der Waals surface area contributed by atoms with Gasteiger partial charge in [0, 0.05) is 18.6 Å². The maximum atomic E-state index is 12.5. The Bertz CT molecular complexity index is 544. The zero-order valence-electron chi connectivity index (χ0n) is 20.9. The van der Waals surface area contributed by atoms with Gasteiger partial charge in [0.05, 0.1) is 6.10 Å². The summed E-state index contributed by atoms with van der Waals surface area (Å²) in [4.78, 5) is 27.9. The molecule has 32 heavy (non-hydrogen) atoms. The standard InChI is InChI=1S/C24H47N3O5/c1-19(2)31-21(28)16-11-9-7-6-8-10-14-18-26-22(29)20(15-12-13-17-25)27-23(30)32-24(3,4)5/h19-20H,6-18,25H2,1-5H3,(H,26,29)(H,27,30)/p-1. The van der Waals surface area contributed by atoms with E-state index in [9.17, 15) is 14.7 Å². The van der Waals surface area contributed by atoms with Gasteiger partial charge in [-0.05, 0) is 52.5 Å². The maximum Gasteiger partial charge on any atom is 0.306 e. The average molecular weight is 457 g/mol. The van der Waals surface area contributed by atoms with Crippen LogP contribution in [0.4, 0.5) is 0 Å². The minimum absolute atomic E-state index is 0.0461. The van der Waals surface area contributed by atoms with E-state index in [2.05, 4.69) is 10.3 Å². The Hall–Kier alpha value is -1.83. The first kappa shape index (κ1) is 30.2. The maximum absolute atomic E-state index is 12.5. The largest absolute Gasteiger partial charge is 0.595 e. The third-order valence-electron chi connectivity index (χ3n) is 4.61. The van der Waals surface area contributed by atoms with Crippen LogP contribution in [-0.4, -0.2) is 48.8 Å². The van der Waals surface area contributed by atoms with Gasteiger partial charge in [-0.2, -0.15) is 0 Å². The summed E-state index contributed by atoms with van der Waals surface area (Å²) in [5.41, 5.74) is 4.88. The van der Waals surface area contributed by atoms with Gasteiger partial charge in [0.25, 0.3) is 0 Å². The van der Waals surface area contributed by atoms with Crippen molar-refractivity contribution >= 4 is 18.0 Å². The van der Waals surface area contributed by atoms with Gasteiger partial charge in [-0.25, -0.2) is 0 Å². The first-order valence-electron chi connectivity index (χ1n) is 12.2. The zero-order chi connectivity index (χ0) is 24.4. The summed E-state index contributed by atoms with van der Waals surface area (Å²) in [6.07, 6.45) is 8.84. The van der Waals surface area contributed by atoms with Gasteiger partial charge >= 0.3 is 5.97 Å². The highest BCUT2D eigenvalue weighted by Crippen LogP contribution is 2.11. The summed E-state index contributed by atoms with van der Waals surface area (Å²) in [5, 5.41) is 14.9. The second kappa shape index (κ2) is 17.7. The Balaban J connectivity index is 4.07. The monoisotopic (exact) mass is 456 g/mol. The SMILES string of the molecule is CC(C)OC(=O)CCCCCCCCCNC(=O)C(CCCCN)N=C([O-])OC(C)(C)C. The van der Waals surface area contributed by atoms with Gasteiger partial charge in [-0.15, -0.1) is 0 Å². The lowest BCUT2D eigenvalue weighted by Gasteiger charge is -2.30. The molecule has 8 heteroatoms. The van der Waals surface area contributed by atoms with Gasteiger partial charge in [0.2, 0.25) is 5.91 Å². The molecule has 188 valence electrons. The summed E-state index contributed by atoms with van der Waals surface area (Å²) < 4.78 is 10.3. The van der Waals surface area contributed by atoms with Crippen molar-refractivity contribution in [2.45, 2.75) is 123 Å². The second-order valence-electron chi connectivity index (χ2n) is 9.46. The highest BCUT2D eigenvalue weighted by molar-refractivity contribution is 5.83. The summed E-state index contributed by atoms with van der Waals surface area (Å²) in [7, 11) is 0. The Labute approximate surface area is 194 Å². The van der Waals surface area contributed by atoms with Crippen molar-refractivity contribution < 1.29 is 24.2 Å². The van der Waals surface area contributed by atoms with Crippen LogP contribution in [0.1, 0.15) is 105 Å². The summed E-state index contributed by atoms with van der Waals surface area (Å²) in [6.45, 7) is 10.1. The molecule has 0 bridgehead atoms. The second-order valence-corrected chi connectivity index (χ2v) is 9.46. The molecule has 0 aliphatic rings. The number of carbonyl (C=O) groups is 2. The molecule has 3 N–H and O–H groups in total. The number of carbonyl (C=O) groups excluding carboxylic acids is 2. The third-order valence-corrected chi connectivity index (χ3v) is 4.61.